The summed E-state index contributed by atoms with van der Waals surface area (Å²) in [5.41, 5.74) is 2.27. The Balaban J connectivity index is 1.41. The first kappa shape index (κ1) is 19.8. The van der Waals surface area contributed by atoms with Gasteiger partial charge in [-0.2, -0.15) is 0 Å². The number of carbonyl (C=O) groups is 3. The monoisotopic (exact) mass is 416 g/mol. The number of furan rings is 1. The van der Waals surface area contributed by atoms with Crippen molar-refractivity contribution in [3.8, 4) is 0 Å². The summed E-state index contributed by atoms with van der Waals surface area (Å²) in [6.45, 7) is 5.98. The van der Waals surface area contributed by atoms with Crippen LogP contribution >= 0.6 is 11.8 Å². The van der Waals surface area contributed by atoms with E-state index in [9.17, 15) is 14.4 Å². The van der Waals surface area contributed by atoms with Gasteiger partial charge in [-0.25, -0.2) is 4.79 Å². The normalized spacial score (nSPS) is 23.5. The van der Waals surface area contributed by atoms with Crippen molar-refractivity contribution in [2.45, 2.75) is 51.1 Å². The van der Waals surface area contributed by atoms with Crippen LogP contribution in [0.2, 0.25) is 0 Å². The standard InChI is InChI=1S/C21H24N2O5S/c1-13-9-16(14(2)22(13)10-15-5-4-8-27-15)18(24)11-28-20(26)17-12-29-21(3)7-6-19(25)23(17)21/h4-5,8-9,17H,6-7,10-12H2,1-3H3/t17-,21+/m0/s1. The van der Waals surface area contributed by atoms with Crippen molar-refractivity contribution in [3.05, 3.63) is 47.2 Å². The number of ether oxygens (including phenoxy) is 1. The number of fused-ring (bicyclic) bond motifs is 1. The molecule has 2 aliphatic heterocycles. The lowest BCUT2D eigenvalue weighted by atomic mass is 10.1. The van der Waals surface area contributed by atoms with Gasteiger partial charge in [0.25, 0.3) is 0 Å². The molecular weight excluding hydrogens is 392 g/mol. The molecule has 0 spiro atoms. The zero-order chi connectivity index (χ0) is 20.8. The Kier molecular flexibility index (Phi) is 5.06. The van der Waals surface area contributed by atoms with Crippen molar-refractivity contribution in [1.29, 1.82) is 0 Å². The first-order chi connectivity index (χ1) is 13.8. The molecule has 4 rings (SSSR count). The van der Waals surface area contributed by atoms with E-state index in [1.807, 2.05) is 37.5 Å². The number of rotatable bonds is 6. The van der Waals surface area contributed by atoms with Crippen LogP contribution in [0, 0.1) is 13.8 Å². The number of hydrogen-bond donors (Lipinski definition) is 0. The molecule has 7 nitrogen and oxygen atoms in total. The summed E-state index contributed by atoms with van der Waals surface area (Å²) in [7, 11) is 0. The smallest absolute Gasteiger partial charge is 0.330 e. The molecule has 2 aliphatic rings. The quantitative estimate of drug-likeness (QED) is 0.532. The first-order valence-electron chi connectivity index (χ1n) is 9.65. The Morgan fingerprint density at radius 1 is 1.38 bits per heavy atom. The van der Waals surface area contributed by atoms with Gasteiger partial charge < -0.3 is 18.6 Å². The van der Waals surface area contributed by atoms with Crippen LogP contribution < -0.4 is 0 Å². The molecule has 29 heavy (non-hydrogen) atoms. The fraction of sp³-hybridized carbons (Fsp3) is 0.476. The van der Waals surface area contributed by atoms with E-state index in [4.69, 9.17) is 9.15 Å². The third-order valence-electron chi connectivity index (χ3n) is 5.83. The van der Waals surface area contributed by atoms with Crippen LogP contribution in [0.1, 0.15) is 47.3 Å². The summed E-state index contributed by atoms with van der Waals surface area (Å²) >= 11 is 1.60. The minimum Gasteiger partial charge on any atom is -0.467 e. The second-order valence-electron chi connectivity index (χ2n) is 7.75. The number of aryl methyl sites for hydroxylation is 1. The second-order valence-corrected chi connectivity index (χ2v) is 9.25. The Morgan fingerprint density at radius 3 is 2.90 bits per heavy atom. The number of carbonyl (C=O) groups excluding carboxylic acids is 3. The van der Waals surface area contributed by atoms with Crippen LogP contribution in [0.4, 0.5) is 0 Å². The topological polar surface area (TPSA) is 81.8 Å². The number of nitrogens with zero attached hydrogens (tertiary/aromatic N) is 2. The van der Waals surface area contributed by atoms with Crippen LogP contribution in [0.15, 0.2) is 28.9 Å². The highest BCUT2D eigenvalue weighted by Gasteiger charge is 2.53. The number of hydrogen-bond acceptors (Lipinski definition) is 6. The van der Waals surface area contributed by atoms with Crippen molar-refractivity contribution < 1.29 is 23.5 Å². The van der Waals surface area contributed by atoms with Gasteiger partial charge in [-0.3, -0.25) is 9.59 Å². The summed E-state index contributed by atoms with van der Waals surface area (Å²) in [4.78, 5) is 38.8. The molecule has 2 aromatic heterocycles. The fourth-order valence-corrected chi connectivity index (χ4v) is 5.61. The molecular formula is C21H24N2O5S. The molecule has 1 amide bonds. The van der Waals surface area contributed by atoms with Gasteiger partial charge in [0.2, 0.25) is 11.7 Å². The molecule has 0 N–H and O–H groups in total. The Morgan fingerprint density at radius 2 is 2.17 bits per heavy atom. The van der Waals surface area contributed by atoms with Gasteiger partial charge in [-0.15, -0.1) is 11.8 Å². The zero-order valence-corrected chi connectivity index (χ0v) is 17.6. The molecule has 0 bridgehead atoms. The molecule has 2 atom stereocenters. The van der Waals surface area contributed by atoms with E-state index in [1.54, 1.807) is 29.0 Å². The summed E-state index contributed by atoms with van der Waals surface area (Å²) in [6, 6.07) is 4.90. The second kappa shape index (κ2) is 7.40. The van der Waals surface area contributed by atoms with Crippen molar-refractivity contribution in [3.63, 3.8) is 0 Å². The minimum atomic E-state index is -0.612. The van der Waals surface area contributed by atoms with Crippen molar-refractivity contribution in [2.24, 2.45) is 0 Å². The van der Waals surface area contributed by atoms with E-state index in [1.165, 1.54) is 0 Å². The van der Waals surface area contributed by atoms with Crippen LogP contribution in [0.5, 0.6) is 0 Å². The van der Waals surface area contributed by atoms with Gasteiger partial charge in [-0.05, 0) is 45.4 Å². The minimum absolute atomic E-state index is 0.0211. The van der Waals surface area contributed by atoms with E-state index >= 15 is 0 Å². The SMILES string of the molecule is Cc1cc(C(=O)COC(=O)[C@@H]2CS[C@]3(C)CCC(=O)N23)c(C)n1Cc1ccco1. The summed E-state index contributed by atoms with van der Waals surface area (Å²) in [5.74, 6) is 0.529. The lowest BCUT2D eigenvalue weighted by molar-refractivity contribution is -0.152. The average Bonchev–Trinajstić information content (AvgIpc) is 3.43. The molecule has 4 heterocycles. The molecule has 8 heteroatoms. The Hall–Kier alpha value is -2.48. The number of ketones is 1. The molecule has 0 unspecified atom stereocenters. The molecule has 154 valence electrons. The number of amides is 1. The number of Topliss-reactive ketones (excluding diaryl/α,β-unsaturated/α-hetero) is 1. The highest BCUT2D eigenvalue weighted by molar-refractivity contribution is 8.01. The van der Waals surface area contributed by atoms with E-state index < -0.39 is 12.0 Å². The maximum atomic E-state index is 12.7. The van der Waals surface area contributed by atoms with Crippen molar-refractivity contribution in [2.75, 3.05) is 12.4 Å². The molecule has 0 saturated carbocycles. The molecule has 0 radical (unpaired) electrons. The summed E-state index contributed by atoms with van der Waals surface area (Å²) in [5, 5.41) is 0. The number of esters is 1. The lowest BCUT2D eigenvalue weighted by Crippen LogP contribution is -2.46. The third-order valence-corrected chi connectivity index (χ3v) is 7.34. The number of aromatic nitrogens is 1. The van der Waals surface area contributed by atoms with E-state index in [0.717, 1.165) is 23.6 Å². The lowest BCUT2D eigenvalue weighted by Gasteiger charge is -2.29. The Bertz CT molecular complexity index is 964. The van der Waals surface area contributed by atoms with Gasteiger partial charge in [0, 0.05) is 29.1 Å². The fourth-order valence-electron chi connectivity index (χ4n) is 4.19. The van der Waals surface area contributed by atoms with E-state index in [2.05, 4.69) is 0 Å². The molecule has 0 aliphatic carbocycles. The molecule has 2 saturated heterocycles. The highest BCUT2D eigenvalue weighted by Crippen LogP contribution is 2.47. The predicted octanol–water partition coefficient (Wildman–Crippen LogP) is 2.93. The van der Waals surface area contributed by atoms with Crippen LogP contribution in [0.25, 0.3) is 0 Å². The zero-order valence-electron chi connectivity index (χ0n) is 16.8. The third kappa shape index (κ3) is 3.50. The van der Waals surface area contributed by atoms with E-state index in [-0.39, 0.29) is 23.2 Å². The van der Waals surface area contributed by atoms with Gasteiger partial charge in [-0.1, -0.05) is 0 Å². The largest absolute Gasteiger partial charge is 0.467 e. The van der Waals surface area contributed by atoms with Gasteiger partial charge in [0.05, 0.1) is 17.7 Å². The first-order valence-corrected chi connectivity index (χ1v) is 10.6. The summed E-state index contributed by atoms with van der Waals surface area (Å²) < 4.78 is 12.7. The predicted molar refractivity (Wildman–Crippen MR) is 108 cm³/mol. The van der Waals surface area contributed by atoms with Crippen LogP contribution in [0.3, 0.4) is 0 Å². The molecule has 0 aromatic carbocycles. The maximum Gasteiger partial charge on any atom is 0.330 e. The average molecular weight is 416 g/mol. The maximum absolute atomic E-state index is 12.7. The van der Waals surface area contributed by atoms with E-state index in [0.29, 0.717) is 24.3 Å². The van der Waals surface area contributed by atoms with Gasteiger partial charge in [0.15, 0.2) is 6.61 Å². The molecule has 2 fully saturated rings. The van der Waals surface area contributed by atoms with Crippen LogP contribution in [-0.2, 0) is 20.9 Å². The van der Waals surface area contributed by atoms with Crippen LogP contribution in [-0.4, -0.2) is 50.4 Å². The van der Waals surface area contributed by atoms with Crippen molar-refractivity contribution >= 4 is 29.4 Å². The van der Waals surface area contributed by atoms with Gasteiger partial charge >= 0.3 is 5.97 Å². The summed E-state index contributed by atoms with van der Waals surface area (Å²) in [6.07, 6.45) is 2.81. The number of thioether (sulfide) groups is 1. The Labute approximate surface area is 173 Å². The van der Waals surface area contributed by atoms with Gasteiger partial charge in [0.1, 0.15) is 11.8 Å². The molecule has 2 aromatic rings. The van der Waals surface area contributed by atoms with Crippen molar-refractivity contribution in [1.82, 2.24) is 9.47 Å². The highest BCUT2D eigenvalue weighted by atomic mass is 32.2.